The van der Waals surface area contributed by atoms with E-state index < -0.39 is 54.4 Å². The summed E-state index contributed by atoms with van der Waals surface area (Å²) in [6.07, 6.45) is 24.8. The van der Waals surface area contributed by atoms with Crippen LogP contribution in [0.1, 0.15) is 182 Å². The fourth-order valence-electron chi connectivity index (χ4n) is 4.69. The van der Waals surface area contributed by atoms with Crippen LogP contribution in [0.5, 0.6) is 0 Å². The van der Waals surface area contributed by atoms with Crippen LogP contribution in [0.15, 0.2) is 0 Å². The van der Waals surface area contributed by atoms with Gasteiger partial charge in [-0.15, -0.1) is 0 Å². The van der Waals surface area contributed by atoms with Crippen molar-refractivity contribution in [3.05, 3.63) is 0 Å². The fourth-order valence-corrected chi connectivity index (χ4v) is 21.1. The molecule has 0 aromatic carbocycles. The molecular weight excluding hydrogens is 819 g/mol. The molecule has 17 heteroatoms. The van der Waals surface area contributed by atoms with Crippen LogP contribution < -0.4 is 0 Å². The van der Waals surface area contributed by atoms with Crippen LogP contribution in [0.2, 0.25) is 0 Å². The van der Waals surface area contributed by atoms with E-state index in [1.807, 2.05) is 0 Å². The molecule has 0 heterocycles. The molecule has 0 bridgehead atoms. The van der Waals surface area contributed by atoms with Crippen LogP contribution in [-0.2, 0) is 29.5 Å². The van der Waals surface area contributed by atoms with E-state index in [-0.39, 0.29) is 26.4 Å². The second-order valence-corrected chi connectivity index (χ2v) is 25.0. The van der Waals surface area contributed by atoms with Crippen LogP contribution in [0.25, 0.3) is 0 Å². The van der Waals surface area contributed by atoms with Gasteiger partial charge in [-0.3, -0.25) is 0 Å². The summed E-state index contributed by atoms with van der Waals surface area (Å²) >= 11 is -5.78. The molecule has 4 N–H and O–H groups in total. The second-order valence-electron chi connectivity index (χ2n) is 12.2. The average molecular weight is 892 g/mol. The molecule has 4 atom stereocenters. The van der Waals surface area contributed by atoms with Gasteiger partial charge in [0.1, 0.15) is 0 Å². The van der Waals surface area contributed by atoms with Gasteiger partial charge in [-0.2, -0.15) is 0 Å². The molecule has 0 saturated carbocycles. The number of hydrogen-bond donors (Lipinski definition) is 4. The van der Waals surface area contributed by atoms with E-state index in [1.165, 1.54) is 25.7 Å². The first kappa shape index (κ1) is 51.0. The van der Waals surface area contributed by atoms with Crippen molar-refractivity contribution in [2.75, 3.05) is 26.4 Å². The van der Waals surface area contributed by atoms with E-state index in [0.717, 1.165) is 103 Å². The summed E-state index contributed by atoms with van der Waals surface area (Å²) < 4.78 is 45.3. The zero-order chi connectivity index (χ0) is 36.3. The molecule has 0 aromatic rings. The van der Waals surface area contributed by atoms with Crippen LogP contribution in [0.3, 0.4) is 0 Å². The van der Waals surface area contributed by atoms with Crippen LogP contribution in [0, 0.1) is 0 Å². The Balaban J connectivity index is 5.51. The summed E-state index contributed by atoms with van der Waals surface area (Å²) in [5.41, 5.74) is 0. The Morgan fingerprint density at radius 3 is 0.694 bits per heavy atom. The van der Waals surface area contributed by atoms with E-state index in [4.69, 9.17) is 29.5 Å². The summed E-state index contributed by atoms with van der Waals surface area (Å²) in [7, 11) is -10.5. The van der Waals surface area contributed by atoms with E-state index in [0.29, 0.717) is 25.7 Å². The Labute approximate surface area is 310 Å². The van der Waals surface area contributed by atoms with E-state index in [1.54, 1.807) is 0 Å². The van der Waals surface area contributed by atoms with Gasteiger partial charge >= 0.3 is 312 Å². The third-order valence-electron chi connectivity index (χ3n) is 7.56. The van der Waals surface area contributed by atoms with Crippen molar-refractivity contribution in [3.63, 3.8) is 0 Å². The summed E-state index contributed by atoms with van der Waals surface area (Å²) in [5, 5.41) is 0. The summed E-state index contributed by atoms with van der Waals surface area (Å²) in [5.74, 6) is 0. The van der Waals surface area contributed by atoms with Crippen molar-refractivity contribution < 1.29 is 49.1 Å². The molecule has 4 unspecified atom stereocenters. The molecule has 0 aromatic heterocycles. The molecule has 0 aliphatic heterocycles. The van der Waals surface area contributed by atoms with Gasteiger partial charge in [-0.05, 0) is 0 Å². The first-order chi connectivity index (χ1) is 23.8. The Morgan fingerprint density at radius 1 is 0.306 bits per heavy atom. The van der Waals surface area contributed by atoms with Gasteiger partial charge in [0, 0.05) is 0 Å². The Hall–Kier alpha value is 2.04. The van der Waals surface area contributed by atoms with Crippen molar-refractivity contribution in [2.45, 2.75) is 182 Å². The zero-order valence-corrected chi connectivity index (χ0v) is 37.6. The van der Waals surface area contributed by atoms with Crippen molar-refractivity contribution in [3.8, 4) is 0 Å². The van der Waals surface area contributed by atoms with Crippen molar-refractivity contribution >= 4 is 54.4 Å². The van der Waals surface area contributed by atoms with Crippen LogP contribution in [-0.4, -0.2) is 66.0 Å². The van der Waals surface area contributed by atoms with Crippen LogP contribution in [0.4, 0.5) is 0 Å². The minimum atomic E-state index is -5.78. The predicted molar refractivity (Wildman–Crippen MR) is 204 cm³/mol. The SMILES string of the molecule is CCCCCCCCOP(O)[O][Sn]([O]P(O)OCCCCCCCC)([O]P(O)OCCCCCCCC)[O]P(O)OCCCCCCCC. The second kappa shape index (κ2) is 38.3. The molecular formula is C32H72O12P4Sn. The molecule has 49 heavy (non-hydrogen) atoms. The van der Waals surface area contributed by atoms with Gasteiger partial charge in [0.15, 0.2) is 0 Å². The molecule has 0 radical (unpaired) electrons. The van der Waals surface area contributed by atoms with Crippen molar-refractivity contribution in [1.29, 1.82) is 0 Å². The number of unbranched alkanes of at least 4 members (excludes halogenated alkanes) is 20. The minimum absolute atomic E-state index is 0.226. The first-order valence-corrected chi connectivity index (χ1v) is 28.2. The molecule has 0 saturated heterocycles. The Kier molecular flexibility index (Phi) is 39.9. The number of hydrogen-bond acceptors (Lipinski definition) is 12. The normalized spacial score (nSPS) is 15.7. The first-order valence-electron chi connectivity index (χ1n) is 19.1. The van der Waals surface area contributed by atoms with Gasteiger partial charge in [0.2, 0.25) is 0 Å². The molecule has 0 spiro atoms. The van der Waals surface area contributed by atoms with Gasteiger partial charge in [0.25, 0.3) is 0 Å². The molecule has 0 fully saturated rings. The van der Waals surface area contributed by atoms with Gasteiger partial charge in [0.05, 0.1) is 0 Å². The standard InChI is InChI=1S/4C8H18O3P.Sn/c4*1-2-3-4-5-6-7-8-11-12(9)10;/h4*9H,2-8H2,1H3;/q4*-1;+4. The fraction of sp³-hybridized carbons (Fsp3) is 1.00. The topological polar surface area (TPSA) is 155 Å². The van der Waals surface area contributed by atoms with Gasteiger partial charge < -0.3 is 0 Å². The Bertz CT molecular complexity index is 574. The summed E-state index contributed by atoms with van der Waals surface area (Å²) in [4.78, 5) is 43.2. The van der Waals surface area contributed by atoms with Crippen LogP contribution >= 0.6 is 34.4 Å². The van der Waals surface area contributed by atoms with E-state index >= 15 is 0 Å². The predicted octanol–water partition coefficient (Wildman–Crippen LogP) is 11.9. The van der Waals surface area contributed by atoms with E-state index in [9.17, 15) is 19.6 Å². The molecule has 0 amide bonds. The number of rotatable bonds is 40. The molecule has 12 nitrogen and oxygen atoms in total. The third kappa shape index (κ3) is 34.3. The van der Waals surface area contributed by atoms with E-state index in [2.05, 4.69) is 27.7 Å². The zero-order valence-electron chi connectivity index (χ0n) is 31.1. The maximum atomic E-state index is 10.8. The third-order valence-corrected chi connectivity index (χ3v) is 23.7. The summed E-state index contributed by atoms with van der Waals surface area (Å²) in [6, 6.07) is 0. The monoisotopic (exact) mass is 892 g/mol. The van der Waals surface area contributed by atoms with Crippen molar-refractivity contribution in [1.82, 2.24) is 0 Å². The molecule has 0 aliphatic rings. The van der Waals surface area contributed by atoms with Crippen molar-refractivity contribution in [2.24, 2.45) is 0 Å². The average Bonchev–Trinajstić information content (AvgIpc) is 3.06. The maximum absolute atomic E-state index is 10.8. The van der Waals surface area contributed by atoms with Gasteiger partial charge in [-0.1, -0.05) is 0 Å². The summed E-state index contributed by atoms with van der Waals surface area (Å²) in [6.45, 7) is 9.56. The quantitative estimate of drug-likeness (QED) is 0.0263. The molecule has 0 aliphatic carbocycles. The van der Waals surface area contributed by atoms with Gasteiger partial charge in [-0.25, -0.2) is 0 Å². The molecule has 0 rings (SSSR count). The Morgan fingerprint density at radius 2 is 0.490 bits per heavy atom. The molecule has 296 valence electrons.